The standard InChI is InChI=1S/C20H19N5O/c1-26-18-7-3-2-6-17(18)24-9-11-25(12-10-24)20-16(14-21)13-15-5-4-8-22-19(15)23-20/h2-8,13H,9-12H2,1H3. The molecule has 4 rings (SSSR count). The number of fused-ring (bicyclic) bond motifs is 1. The van der Waals surface area contributed by atoms with E-state index in [4.69, 9.17) is 4.74 Å². The van der Waals surface area contributed by atoms with Gasteiger partial charge in [-0.3, -0.25) is 0 Å². The fourth-order valence-corrected chi connectivity index (χ4v) is 3.37. The van der Waals surface area contributed by atoms with Gasteiger partial charge in [0.05, 0.1) is 18.4 Å². The van der Waals surface area contributed by atoms with Gasteiger partial charge in [0, 0.05) is 37.8 Å². The van der Waals surface area contributed by atoms with E-state index in [9.17, 15) is 5.26 Å². The second-order valence-electron chi connectivity index (χ2n) is 6.17. The van der Waals surface area contributed by atoms with Crippen LogP contribution in [0.2, 0.25) is 0 Å². The molecule has 0 radical (unpaired) electrons. The molecule has 0 saturated carbocycles. The zero-order chi connectivity index (χ0) is 17.9. The molecule has 6 heteroatoms. The van der Waals surface area contributed by atoms with E-state index < -0.39 is 0 Å². The fourth-order valence-electron chi connectivity index (χ4n) is 3.37. The molecule has 1 aromatic carbocycles. The molecule has 0 aliphatic carbocycles. The lowest BCUT2D eigenvalue weighted by Gasteiger charge is -2.37. The number of ether oxygens (including phenoxy) is 1. The predicted octanol–water partition coefficient (Wildman–Crippen LogP) is 2.84. The van der Waals surface area contributed by atoms with Crippen molar-refractivity contribution < 1.29 is 4.74 Å². The van der Waals surface area contributed by atoms with Gasteiger partial charge in [-0.05, 0) is 30.3 Å². The third kappa shape index (κ3) is 2.88. The Labute approximate surface area is 152 Å². The van der Waals surface area contributed by atoms with Crippen molar-refractivity contribution in [1.82, 2.24) is 9.97 Å². The number of hydrogen-bond acceptors (Lipinski definition) is 6. The van der Waals surface area contributed by atoms with Crippen LogP contribution >= 0.6 is 0 Å². The number of aromatic nitrogens is 2. The maximum atomic E-state index is 9.54. The lowest BCUT2D eigenvalue weighted by Crippen LogP contribution is -2.47. The van der Waals surface area contributed by atoms with E-state index in [1.165, 1.54) is 0 Å². The molecule has 0 bridgehead atoms. The molecule has 1 aliphatic heterocycles. The number of nitriles is 1. The van der Waals surface area contributed by atoms with Crippen LogP contribution in [0.4, 0.5) is 11.5 Å². The Balaban J connectivity index is 1.58. The summed E-state index contributed by atoms with van der Waals surface area (Å²) in [5, 5.41) is 10.4. The van der Waals surface area contributed by atoms with Gasteiger partial charge in [-0.15, -0.1) is 0 Å². The number of hydrogen-bond donors (Lipinski definition) is 0. The lowest BCUT2D eigenvalue weighted by molar-refractivity contribution is 0.413. The number of piperazine rings is 1. The SMILES string of the molecule is COc1ccccc1N1CCN(c2nc3ncccc3cc2C#N)CC1. The Hall–Kier alpha value is -3.33. The van der Waals surface area contributed by atoms with Crippen LogP contribution in [-0.4, -0.2) is 43.3 Å². The van der Waals surface area contributed by atoms with Crippen molar-refractivity contribution in [3.8, 4) is 11.8 Å². The summed E-state index contributed by atoms with van der Waals surface area (Å²) in [7, 11) is 1.69. The highest BCUT2D eigenvalue weighted by Gasteiger charge is 2.22. The first kappa shape index (κ1) is 16.2. The Morgan fingerprint density at radius 3 is 2.58 bits per heavy atom. The minimum atomic E-state index is 0.594. The van der Waals surface area contributed by atoms with Crippen LogP contribution in [0, 0.1) is 11.3 Å². The Morgan fingerprint density at radius 2 is 1.81 bits per heavy atom. The maximum absolute atomic E-state index is 9.54. The summed E-state index contributed by atoms with van der Waals surface area (Å²) in [6.07, 6.45) is 1.73. The first-order valence-electron chi connectivity index (χ1n) is 8.59. The van der Waals surface area contributed by atoms with Gasteiger partial charge in [-0.1, -0.05) is 12.1 Å². The molecule has 6 nitrogen and oxygen atoms in total. The van der Waals surface area contributed by atoms with E-state index in [2.05, 4.69) is 31.9 Å². The average molecular weight is 345 g/mol. The van der Waals surface area contributed by atoms with Crippen LogP contribution in [0.5, 0.6) is 5.75 Å². The van der Waals surface area contributed by atoms with Crippen LogP contribution in [0.25, 0.3) is 11.0 Å². The summed E-state index contributed by atoms with van der Waals surface area (Å²) in [6.45, 7) is 3.26. The highest BCUT2D eigenvalue weighted by Crippen LogP contribution is 2.30. The smallest absolute Gasteiger partial charge is 0.161 e. The second kappa shape index (κ2) is 6.89. The van der Waals surface area contributed by atoms with Crippen LogP contribution < -0.4 is 14.5 Å². The van der Waals surface area contributed by atoms with Gasteiger partial charge in [-0.25, -0.2) is 9.97 Å². The summed E-state index contributed by atoms with van der Waals surface area (Å²) >= 11 is 0. The van der Waals surface area contributed by atoms with E-state index >= 15 is 0 Å². The molecule has 0 spiro atoms. The maximum Gasteiger partial charge on any atom is 0.161 e. The molecular formula is C20H19N5O. The van der Waals surface area contributed by atoms with Gasteiger partial charge < -0.3 is 14.5 Å². The molecule has 26 heavy (non-hydrogen) atoms. The minimum Gasteiger partial charge on any atom is -0.495 e. The molecule has 0 unspecified atom stereocenters. The molecule has 1 saturated heterocycles. The fraction of sp³-hybridized carbons (Fsp3) is 0.250. The van der Waals surface area contributed by atoms with Crippen LogP contribution in [0.15, 0.2) is 48.7 Å². The number of nitrogens with zero attached hydrogens (tertiary/aromatic N) is 5. The Kier molecular flexibility index (Phi) is 4.28. The summed E-state index contributed by atoms with van der Waals surface area (Å²) < 4.78 is 5.48. The van der Waals surface area contributed by atoms with Gasteiger partial charge in [0.25, 0.3) is 0 Å². The van der Waals surface area contributed by atoms with Crippen molar-refractivity contribution in [3.05, 3.63) is 54.2 Å². The van der Waals surface area contributed by atoms with Crippen molar-refractivity contribution in [2.24, 2.45) is 0 Å². The van der Waals surface area contributed by atoms with Crippen molar-refractivity contribution in [1.29, 1.82) is 5.26 Å². The van der Waals surface area contributed by atoms with Gasteiger partial charge in [0.1, 0.15) is 17.6 Å². The largest absolute Gasteiger partial charge is 0.495 e. The number of para-hydroxylation sites is 2. The monoisotopic (exact) mass is 345 g/mol. The minimum absolute atomic E-state index is 0.594. The third-order valence-electron chi connectivity index (χ3n) is 4.69. The molecule has 2 aromatic heterocycles. The molecule has 0 amide bonds. The predicted molar refractivity (Wildman–Crippen MR) is 102 cm³/mol. The number of benzene rings is 1. The number of methoxy groups -OCH3 is 1. The summed E-state index contributed by atoms with van der Waals surface area (Å²) in [5.41, 5.74) is 2.37. The van der Waals surface area contributed by atoms with Crippen LogP contribution in [-0.2, 0) is 0 Å². The zero-order valence-corrected chi connectivity index (χ0v) is 14.6. The van der Waals surface area contributed by atoms with Crippen LogP contribution in [0.3, 0.4) is 0 Å². The normalized spacial score (nSPS) is 14.3. The number of rotatable bonds is 3. The van der Waals surface area contributed by atoms with E-state index in [1.807, 2.05) is 36.4 Å². The topological polar surface area (TPSA) is 65.3 Å². The molecule has 3 heterocycles. The number of anilines is 2. The summed E-state index contributed by atoms with van der Waals surface area (Å²) in [6, 6.07) is 16.0. The van der Waals surface area contributed by atoms with Gasteiger partial charge in [0.2, 0.25) is 0 Å². The molecule has 1 fully saturated rings. The second-order valence-corrected chi connectivity index (χ2v) is 6.17. The van der Waals surface area contributed by atoms with Crippen LogP contribution in [0.1, 0.15) is 5.56 Å². The quantitative estimate of drug-likeness (QED) is 0.727. The van der Waals surface area contributed by atoms with E-state index in [0.29, 0.717) is 11.2 Å². The van der Waals surface area contributed by atoms with E-state index in [0.717, 1.165) is 48.8 Å². The number of pyridine rings is 2. The zero-order valence-electron chi connectivity index (χ0n) is 14.6. The highest BCUT2D eigenvalue weighted by atomic mass is 16.5. The molecule has 1 aliphatic rings. The lowest BCUT2D eigenvalue weighted by atomic mass is 10.1. The van der Waals surface area contributed by atoms with E-state index in [-0.39, 0.29) is 0 Å². The summed E-state index contributed by atoms with van der Waals surface area (Å²) in [4.78, 5) is 13.4. The molecular weight excluding hydrogens is 326 g/mol. The first-order valence-corrected chi connectivity index (χ1v) is 8.59. The Morgan fingerprint density at radius 1 is 1.04 bits per heavy atom. The van der Waals surface area contributed by atoms with Gasteiger partial charge in [0.15, 0.2) is 5.65 Å². The third-order valence-corrected chi connectivity index (χ3v) is 4.69. The van der Waals surface area contributed by atoms with E-state index in [1.54, 1.807) is 13.3 Å². The van der Waals surface area contributed by atoms with Crippen molar-refractivity contribution in [3.63, 3.8) is 0 Å². The molecule has 0 atom stereocenters. The van der Waals surface area contributed by atoms with Crippen molar-refractivity contribution in [2.45, 2.75) is 0 Å². The molecule has 0 N–H and O–H groups in total. The molecule has 130 valence electrons. The van der Waals surface area contributed by atoms with Gasteiger partial charge >= 0.3 is 0 Å². The molecule has 3 aromatic rings. The highest BCUT2D eigenvalue weighted by molar-refractivity contribution is 5.80. The van der Waals surface area contributed by atoms with Crippen molar-refractivity contribution in [2.75, 3.05) is 43.1 Å². The van der Waals surface area contributed by atoms with Crippen molar-refractivity contribution >= 4 is 22.5 Å². The summed E-state index contributed by atoms with van der Waals surface area (Å²) in [5.74, 6) is 1.60. The first-order chi connectivity index (χ1) is 12.8. The van der Waals surface area contributed by atoms with Gasteiger partial charge in [-0.2, -0.15) is 5.26 Å². The Bertz CT molecular complexity index is 973. The average Bonchev–Trinajstić information content (AvgIpc) is 2.73.